The van der Waals surface area contributed by atoms with Crippen LogP contribution in [-0.4, -0.2) is 20.2 Å². The number of hydrogen-bond acceptors (Lipinski definition) is 4. The van der Waals surface area contributed by atoms with Gasteiger partial charge in [0.25, 0.3) is 5.16 Å². The van der Waals surface area contributed by atoms with Gasteiger partial charge in [0.15, 0.2) is 5.69 Å². The molecule has 3 rings (SSSR count). The minimum absolute atomic E-state index is 0.110. The largest absolute Gasteiger partial charge is 0.358 e. The molecule has 0 spiro atoms. The van der Waals surface area contributed by atoms with Gasteiger partial charge in [-0.2, -0.15) is 9.55 Å². The summed E-state index contributed by atoms with van der Waals surface area (Å²) in [5.74, 6) is 0.969. The molecule has 0 atom stereocenters. The lowest BCUT2D eigenvalue weighted by Gasteiger charge is -2.01. The van der Waals surface area contributed by atoms with Crippen molar-refractivity contribution in [3.63, 3.8) is 0 Å². The van der Waals surface area contributed by atoms with Crippen molar-refractivity contribution in [1.82, 2.24) is 9.55 Å². The Morgan fingerprint density at radius 2 is 2.11 bits per heavy atom. The lowest BCUT2D eigenvalue weighted by atomic mass is 10.1. The molecule has 0 bridgehead atoms. The van der Waals surface area contributed by atoms with E-state index in [2.05, 4.69) is 4.98 Å². The van der Waals surface area contributed by atoms with E-state index in [0.717, 1.165) is 22.0 Å². The number of benzene rings is 1. The molecule has 0 amide bonds. The van der Waals surface area contributed by atoms with Crippen LogP contribution in [0.5, 0.6) is 0 Å². The van der Waals surface area contributed by atoms with Crippen molar-refractivity contribution in [1.29, 1.82) is 0 Å². The van der Waals surface area contributed by atoms with Crippen LogP contribution in [-0.2, 0) is 6.54 Å². The SMILES string of the molecule is Cc1ccc(-c2nc3n(c2[N+](=O)[O-])CCS3)cc1. The monoisotopic (exact) mass is 261 g/mol. The van der Waals surface area contributed by atoms with Crippen molar-refractivity contribution in [3.05, 3.63) is 39.9 Å². The fourth-order valence-corrected chi connectivity index (χ4v) is 3.00. The Morgan fingerprint density at radius 1 is 1.39 bits per heavy atom. The molecule has 1 aromatic carbocycles. The van der Waals surface area contributed by atoms with Crippen LogP contribution in [0.2, 0.25) is 0 Å². The Labute approximate surface area is 108 Å². The van der Waals surface area contributed by atoms with Crippen molar-refractivity contribution in [2.24, 2.45) is 0 Å². The van der Waals surface area contributed by atoms with Crippen molar-refractivity contribution in [2.75, 3.05) is 5.75 Å². The Hall–Kier alpha value is -1.82. The molecule has 0 N–H and O–H groups in total. The van der Waals surface area contributed by atoms with E-state index in [9.17, 15) is 10.1 Å². The van der Waals surface area contributed by atoms with E-state index in [0.29, 0.717) is 12.2 Å². The van der Waals surface area contributed by atoms with Crippen LogP contribution >= 0.6 is 11.8 Å². The summed E-state index contributed by atoms with van der Waals surface area (Å²) in [4.78, 5) is 15.3. The Morgan fingerprint density at radius 3 is 2.78 bits per heavy atom. The molecule has 0 saturated carbocycles. The molecular formula is C12H11N3O2S. The topological polar surface area (TPSA) is 61.0 Å². The maximum Gasteiger partial charge on any atom is 0.351 e. The normalized spacial score (nSPS) is 13.6. The lowest BCUT2D eigenvalue weighted by molar-refractivity contribution is -0.391. The van der Waals surface area contributed by atoms with Gasteiger partial charge in [-0.1, -0.05) is 41.6 Å². The molecule has 1 aliphatic heterocycles. The Kier molecular flexibility index (Phi) is 2.59. The molecule has 5 nitrogen and oxygen atoms in total. The number of imidazole rings is 1. The first-order valence-electron chi connectivity index (χ1n) is 5.61. The van der Waals surface area contributed by atoms with E-state index in [-0.39, 0.29) is 10.7 Å². The van der Waals surface area contributed by atoms with Gasteiger partial charge in [0.2, 0.25) is 0 Å². The van der Waals surface area contributed by atoms with Gasteiger partial charge in [0.1, 0.15) is 6.54 Å². The standard InChI is InChI=1S/C12H11N3O2S/c1-8-2-4-9(5-3-8)10-11(15(16)17)14-6-7-18-12(14)13-10/h2-5H,6-7H2,1H3. The fourth-order valence-electron chi connectivity index (χ4n) is 2.05. The van der Waals surface area contributed by atoms with Crippen LogP contribution in [0.15, 0.2) is 29.4 Å². The molecular weight excluding hydrogens is 250 g/mol. The zero-order valence-electron chi connectivity index (χ0n) is 9.79. The summed E-state index contributed by atoms with van der Waals surface area (Å²) in [5.41, 5.74) is 2.40. The quantitative estimate of drug-likeness (QED) is 0.616. The van der Waals surface area contributed by atoms with Gasteiger partial charge in [-0.25, -0.2) is 0 Å². The molecule has 2 heterocycles. The van der Waals surface area contributed by atoms with Crippen LogP contribution in [0, 0.1) is 17.0 Å². The van der Waals surface area contributed by atoms with E-state index in [1.807, 2.05) is 31.2 Å². The van der Waals surface area contributed by atoms with Crippen LogP contribution < -0.4 is 0 Å². The summed E-state index contributed by atoms with van der Waals surface area (Å²) in [5, 5.41) is 12.0. The highest BCUT2D eigenvalue weighted by atomic mass is 32.2. The number of thioether (sulfide) groups is 1. The first-order valence-corrected chi connectivity index (χ1v) is 6.60. The van der Waals surface area contributed by atoms with Crippen LogP contribution in [0.25, 0.3) is 11.3 Å². The summed E-state index contributed by atoms with van der Waals surface area (Å²) in [6, 6.07) is 7.64. The number of aromatic nitrogens is 2. The Balaban J connectivity index is 2.17. The average Bonchev–Trinajstić information content (AvgIpc) is 2.88. The molecule has 0 fully saturated rings. The first kappa shape index (κ1) is 11.3. The molecule has 6 heteroatoms. The highest BCUT2D eigenvalue weighted by Gasteiger charge is 2.31. The van der Waals surface area contributed by atoms with E-state index in [1.165, 1.54) is 0 Å². The van der Waals surface area contributed by atoms with Gasteiger partial charge in [-0.05, 0) is 11.8 Å². The molecule has 2 aromatic rings. The summed E-state index contributed by atoms with van der Waals surface area (Å²) in [6.45, 7) is 2.65. The fraction of sp³-hybridized carbons (Fsp3) is 0.250. The van der Waals surface area contributed by atoms with E-state index in [4.69, 9.17) is 0 Å². The minimum atomic E-state index is -0.336. The van der Waals surface area contributed by atoms with E-state index >= 15 is 0 Å². The average molecular weight is 261 g/mol. The third kappa shape index (κ3) is 1.69. The third-order valence-corrected chi connectivity index (χ3v) is 3.91. The third-order valence-electron chi connectivity index (χ3n) is 2.95. The molecule has 0 saturated heterocycles. The van der Waals surface area contributed by atoms with Crippen molar-refractivity contribution < 1.29 is 4.92 Å². The molecule has 1 aliphatic rings. The summed E-state index contributed by atoms with van der Waals surface area (Å²) in [6.07, 6.45) is 0. The highest BCUT2D eigenvalue weighted by Crippen LogP contribution is 2.37. The number of rotatable bonds is 2. The molecule has 92 valence electrons. The molecule has 1 aromatic heterocycles. The number of fused-ring (bicyclic) bond motifs is 1. The van der Waals surface area contributed by atoms with Gasteiger partial charge < -0.3 is 10.1 Å². The highest BCUT2D eigenvalue weighted by molar-refractivity contribution is 7.99. The lowest BCUT2D eigenvalue weighted by Crippen LogP contribution is -2.01. The molecule has 0 aliphatic carbocycles. The number of nitro groups is 1. The van der Waals surface area contributed by atoms with Crippen LogP contribution in [0.4, 0.5) is 5.82 Å². The van der Waals surface area contributed by atoms with Gasteiger partial charge >= 0.3 is 5.82 Å². The predicted octanol–water partition coefficient (Wildman–Crippen LogP) is 2.87. The maximum absolute atomic E-state index is 11.2. The first-order chi connectivity index (χ1) is 8.66. The second kappa shape index (κ2) is 4.13. The summed E-state index contributed by atoms with van der Waals surface area (Å²) < 4.78 is 1.69. The smallest absolute Gasteiger partial charge is 0.351 e. The maximum atomic E-state index is 11.2. The van der Waals surface area contributed by atoms with Gasteiger partial charge in [-0.15, -0.1) is 0 Å². The minimum Gasteiger partial charge on any atom is -0.358 e. The number of hydrogen-bond donors (Lipinski definition) is 0. The number of aryl methyl sites for hydroxylation is 1. The van der Waals surface area contributed by atoms with Crippen molar-refractivity contribution >= 4 is 17.6 Å². The van der Waals surface area contributed by atoms with Gasteiger partial charge in [-0.3, -0.25) is 0 Å². The molecule has 0 radical (unpaired) electrons. The van der Waals surface area contributed by atoms with Crippen molar-refractivity contribution in [3.8, 4) is 11.3 Å². The van der Waals surface area contributed by atoms with E-state index in [1.54, 1.807) is 16.3 Å². The zero-order valence-corrected chi connectivity index (χ0v) is 10.6. The number of nitrogens with zero attached hydrogens (tertiary/aromatic N) is 3. The van der Waals surface area contributed by atoms with Crippen LogP contribution in [0.3, 0.4) is 0 Å². The van der Waals surface area contributed by atoms with Crippen LogP contribution in [0.1, 0.15) is 5.56 Å². The predicted molar refractivity (Wildman–Crippen MR) is 69.8 cm³/mol. The second-order valence-corrected chi connectivity index (χ2v) is 5.25. The van der Waals surface area contributed by atoms with E-state index < -0.39 is 0 Å². The summed E-state index contributed by atoms with van der Waals surface area (Å²) in [7, 11) is 0. The van der Waals surface area contributed by atoms with Crippen molar-refractivity contribution in [2.45, 2.75) is 18.6 Å². The molecule has 18 heavy (non-hydrogen) atoms. The summed E-state index contributed by atoms with van der Waals surface area (Å²) >= 11 is 1.57. The van der Waals surface area contributed by atoms with Gasteiger partial charge in [0.05, 0.1) is 0 Å². The Bertz CT molecular complexity index is 619. The zero-order chi connectivity index (χ0) is 12.7. The van der Waals surface area contributed by atoms with Gasteiger partial charge in [0, 0.05) is 11.3 Å². The molecule has 0 unspecified atom stereocenters. The second-order valence-electron chi connectivity index (χ2n) is 4.19.